The highest BCUT2D eigenvalue weighted by Gasteiger charge is 2.03. The van der Waals surface area contributed by atoms with Gasteiger partial charge < -0.3 is 5.32 Å². The summed E-state index contributed by atoms with van der Waals surface area (Å²) < 4.78 is 0. The van der Waals surface area contributed by atoms with Crippen LogP contribution in [0.15, 0.2) is 35.2 Å². The molecule has 0 radical (unpaired) electrons. The molecule has 0 aliphatic rings. The molecule has 2 heteroatoms. The lowest BCUT2D eigenvalue weighted by atomic mass is 10.1. The highest BCUT2D eigenvalue weighted by atomic mass is 32.2. The van der Waals surface area contributed by atoms with E-state index in [2.05, 4.69) is 56.4 Å². The minimum absolute atomic E-state index is 0.612. The molecule has 0 bridgehead atoms. The highest BCUT2D eigenvalue weighted by molar-refractivity contribution is 7.99. The van der Waals surface area contributed by atoms with Crippen LogP contribution in [0, 0.1) is 5.92 Å². The third kappa shape index (κ3) is 7.45. The molecule has 1 atom stereocenters. The SMILES string of the molecule is CC(CCNC(C)C)CCSc1ccccc1. The minimum Gasteiger partial charge on any atom is -0.315 e. The molecule has 1 nitrogen and oxygen atoms in total. The summed E-state index contributed by atoms with van der Waals surface area (Å²) in [6.45, 7) is 7.91. The van der Waals surface area contributed by atoms with Gasteiger partial charge in [-0.1, -0.05) is 39.0 Å². The van der Waals surface area contributed by atoms with E-state index in [1.807, 2.05) is 11.8 Å². The van der Waals surface area contributed by atoms with Crippen LogP contribution in [0.2, 0.25) is 0 Å². The molecule has 96 valence electrons. The van der Waals surface area contributed by atoms with E-state index in [0.29, 0.717) is 6.04 Å². The Balaban J connectivity index is 2.06. The van der Waals surface area contributed by atoms with Gasteiger partial charge >= 0.3 is 0 Å². The van der Waals surface area contributed by atoms with Crippen molar-refractivity contribution in [1.29, 1.82) is 0 Å². The van der Waals surface area contributed by atoms with Gasteiger partial charge in [-0.2, -0.15) is 0 Å². The Morgan fingerprint density at radius 3 is 2.41 bits per heavy atom. The molecular weight excluding hydrogens is 226 g/mol. The average Bonchev–Trinajstić information content (AvgIpc) is 2.30. The van der Waals surface area contributed by atoms with E-state index in [1.54, 1.807) is 0 Å². The van der Waals surface area contributed by atoms with E-state index in [9.17, 15) is 0 Å². The van der Waals surface area contributed by atoms with Crippen molar-refractivity contribution in [2.24, 2.45) is 5.92 Å². The lowest BCUT2D eigenvalue weighted by Gasteiger charge is -2.13. The van der Waals surface area contributed by atoms with Gasteiger partial charge in [0, 0.05) is 10.9 Å². The van der Waals surface area contributed by atoms with Crippen molar-refractivity contribution in [3.63, 3.8) is 0 Å². The van der Waals surface area contributed by atoms with Crippen LogP contribution in [0.25, 0.3) is 0 Å². The molecule has 0 fully saturated rings. The van der Waals surface area contributed by atoms with Crippen molar-refractivity contribution in [3.05, 3.63) is 30.3 Å². The number of thioether (sulfide) groups is 1. The molecule has 1 rings (SSSR count). The van der Waals surface area contributed by atoms with Gasteiger partial charge in [0.25, 0.3) is 0 Å². The van der Waals surface area contributed by atoms with Crippen LogP contribution < -0.4 is 5.32 Å². The Morgan fingerprint density at radius 1 is 1.06 bits per heavy atom. The van der Waals surface area contributed by atoms with Gasteiger partial charge in [0.15, 0.2) is 0 Å². The molecule has 1 unspecified atom stereocenters. The zero-order chi connectivity index (χ0) is 12.5. The van der Waals surface area contributed by atoms with Gasteiger partial charge in [-0.3, -0.25) is 0 Å². The van der Waals surface area contributed by atoms with Gasteiger partial charge in [-0.05, 0) is 43.2 Å². The molecular formula is C15H25NS. The van der Waals surface area contributed by atoms with Crippen molar-refractivity contribution in [3.8, 4) is 0 Å². The lowest BCUT2D eigenvalue weighted by Crippen LogP contribution is -2.24. The summed E-state index contributed by atoms with van der Waals surface area (Å²) in [7, 11) is 0. The zero-order valence-electron chi connectivity index (χ0n) is 11.3. The topological polar surface area (TPSA) is 12.0 Å². The van der Waals surface area contributed by atoms with Crippen LogP contribution in [0.4, 0.5) is 0 Å². The summed E-state index contributed by atoms with van der Waals surface area (Å²) in [5.74, 6) is 2.05. The van der Waals surface area contributed by atoms with Crippen LogP contribution in [0.5, 0.6) is 0 Å². The van der Waals surface area contributed by atoms with Crippen LogP contribution >= 0.6 is 11.8 Å². The number of hydrogen-bond acceptors (Lipinski definition) is 2. The smallest absolute Gasteiger partial charge is 0.00719 e. The summed E-state index contributed by atoms with van der Waals surface area (Å²) in [6.07, 6.45) is 2.59. The molecule has 1 aromatic carbocycles. The average molecular weight is 251 g/mol. The predicted molar refractivity (Wildman–Crippen MR) is 78.7 cm³/mol. The molecule has 0 saturated heterocycles. The van der Waals surface area contributed by atoms with E-state index in [1.165, 1.54) is 23.5 Å². The van der Waals surface area contributed by atoms with Crippen molar-refractivity contribution >= 4 is 11.8 Å². The molecule has 0 saturated carbocycles. The number of rotatable bonds is 8. The molecule has 17 heavy (non-hydrogen) atoms. The van der Waals surface area contributed by atoms with Crippen molar-refractivity contribution in [2.45, 2.75) is 44.6 Å². The van der Waals surface area contributed by atoms with E-state index in [0.717, 1.165) is 12.5 Å². The Kier molecular flexibility index (Phi) is 7.38. The second kappa shape index (κ2) is 8.60. The van der Waals surface area contributed by atoms with Crippen LogP contribution in [-0.4, -0.2) is 18.3 Å². The maximum Gasteiger partial charge on any atom is 0.00719 e. The standard InChI is InChI=1S/C15H25NS/c1-13(2)16-11-9-14(3)10-12-17-15-7-5-4-6-8-15/h4-8,13-14,16H,9-12H2,1-3H3. The Labute approximate surface area is 110 Å². The van der Waals surface area contributed by atoms with E-state index < -0.39 is 0 Å². The third-order valence-corrected chi connectivity index (χ3v) is 3.86. The molecule has 0 aliphatic heterocycles. The van der Waals surface area contributed by atoms with Gasteiger partial charge in [-0.25, -0.2) is 0 Å². The van der Waals surface area contributed by atoms with Crippen molar-refractivity contribution < 1.29 is 0 Å². The fraction of sp³-hybridized carbons (Fsp3) is 0.600. The van der Waals surface area contributed by atoms with Gasteiger partial charge in [0.05, 0.1) is 0 Å². The quantitative estimate of drug-likeness (QED) is 0.695. The maximum absolute atomic E-state index is 3.48. The number of hydrogen-bond donors (Lipinski definition) is 1. The third-order valence-electron chi connectivity index (χ3n) is 2.81. The van der Waals surface area contributed by atoms with Gasteiger partial charge in [0.1, 0.15) is 0 Å². The Hall–Kier alpha value is -0.470. The van der Waals surface area contributed by atoms with E-state index in [4.69, 9.17) is 0 Å². The minimum atomic E-state index is 0.612. The largest absolute Gasteiger partial charge is 0.315 e. The first-order chi connectivity index (χ1) is 8.18. The molecule has 1 N–H and O–H groups in total. The summed E-state index contributed by atoms with van der Waals surface area (Å²) in [5, 5.41) is 3.48. The second-order valence-corrected chi connectivity index (χ2v) is 6.12. The number of nitrogens with one attached hydrogen (secondary N) is 1. The van der Waals surface area contributed by atoms with Gasteiger partial charge in [0.2, 0.25) is 0 Å². The van der Waals surface area contributed by atoms with E-state index >= 15 is 0 Å². The van der Waals surface area contributed by atoms with Crippen LogP contribution in [-0.2, 0) is 0 Å². The van der Waals surface area contributed by atoms with E-state index in [-0.39, 0.29) is 0 Å². The first-order valence-corrected chi connectivity index (χ1v) is 7.58. The summed E-state index contributed by atoms with van der Waals surface area (Å²) in [4.78, 5) is 1.39. The lowest BCUT2D eigenvalue weighted by molar-refractivity contribution is 0.470. The zero-order valence-corrected chi connectivity index (χ0v) is 12.1. The molecule has 0 spiro atoms. The molecule has 0 aromatic heterocycles. The molecule has 0 amide bonds. The first-order valence-electron chi connectivity index (χ1n) is 6.59. The van der Waals surface area contributed by atoms with Crippen LogP contribution in [0.3, 0.4) is 0 Å². The highest BCUT2D eigenvalue weighted by Crippen LogP contribution is 2.20. The summed E-state index contributed by atoms with van der Waals surface area (Å²) in [6, 6.07) is 11.3. The predicted octanol–water partition coefficient (Wildman–Crippen LogP) is 4.19. The summed E-state index contributed by atoms with van der Waals surface area (Å²) >= 11 is 1.97. The normalized spacial score (nSPS) is 12.9. The first kappa shape index (κ1) is 14.6. The fourth-order valence-electron chi connectivity index (χ4n) is 1.66. The Morgan fingerprint density at radius 2 is 1.76 bits per heavy atom. The number of benzene rings is 1. The van der Waals surface area contributed by atoms with Gasteiger partial charge in [-0.15, -0.1) is 11.8 Å². The van der Waals surface area contributed by atoms with Crippen molar-refractivity contribution in [2.75, 3.05) is 12.3 Å². The van der Waals surface area contributed by atoms with Crippen molar-refractivity contribution in [1.82, 2.24) is 5.32 Å². The molecule has 0 aliphatic carbocycles. The summed E-state index contributed by atoms with van der Waals surface area (Å²) in [5.41, 5.74) is 0. The van der Waals surface area contributed by atoms with Crippen LogP contribution in [0.1, 0.15) is 33.6 Å². The monoisotopic (exact) mass is 251 g/mol. The maximum atomic E-state index is 3.48. The fourth-order valence-corrected chi connectivity index (χ4v) is 2.76. The molecule has 1 aromatic rings. The molecule has 0 heterocycles. The Bertz CT molecular complexity index is 284. The second-order valence-electron chi connectivity index (χ2n) is 4.95.